The Bertz CT molecular complexity index is 602. The molecule has 0 unspecified atom stereocenters. The number of nitrogens with one attached hydrogen (secondary N) is 1. The van der Waals surface area contributed by atoms with E-state index in [0.717, 1.165) is 16.5 Å². The molecule has 0 aliphatic heterocycles. The number of carbonyl (C=O) groups is 2. The molecular weight excluding hydrogens is 214 g/mol. The molecule has 0 spiro atoms. The lowest BCUT2D eigenvalue weighted by Gasteiger charge is -2.09. The van der Waals surface area contributed by atoms with Crippen LogP contribution in [0.25, 0.3) is 10.8 Å². The Morgan fingerprint density at radius 2 is 1.59 bits per heavy atom. The standard InChI is InChI=1S/C14H13NO2/c1-9(16)11-7-8-14(15-10(2)17)13-6-4-3-5-12(11)13/h3-8H,1-2H3,(H,15,17). The smallest absolute Gasteiger partial charge is 0.221 e. The van der Waals surface area contributed by atoms with Crippen LogP contribution in [0, 0.1) is 0 Å². The van der Waals surface area contributed by atoms with Gasteiger partial charge in [-0.3, -0.25) is 9.59 Å². The molecule has 0 fully saturated rings. The van der Waals surface area contributed by atoms with Gasteiger partial charge in [-0.15, -0.1) is 0 Å². The Hall–Kier alpha value is -2.16. The van der Waals surface area contributed by atoms with Crippen LogP contribution in [0.5, 0.6) is 0 Å². The van der Waals surface area contributed by atoms with Gasteiger partial charge in [0.1, 0.15) is 0 Å². The number of rotatable bonds is 2. The van der Waals surface area contributed by atoms with Crippen LogP contribution in [0.2, 0.25) is 0 Å². The van der Waals surface area contributed by atoms with E-state index in [1.165, 1.54) is 6.92 Å². The zero-order valence-corrected chi connectivity index (χ0v) is 9.78. The van der Waals surface area contributed by atoms with Gasteiger partial charge in [0.2, 0.25) is 5.91 Å². The summed E-state index contributed by atoms with van der Waals surface area (Å²) >= 11 is 0. The van der Waals surface area contributed by atoms with E-state index in [2.05, 4.69) is 5.32 Å². The highest BCUT2D eigenvalue weighted by Crippen LogP contribution is 2.26. The molecule has 0 aliphatic rings. The second-order valence-electron chi connectivity index (χ2n) is 3.94. The van der Waals surface area contributed by atoms with Crippen molar-refractivity contribution >= 4 is 28.2 Å². The fourth-order valence-corrected chi connectivity index (χ4v) is 1.90. The monoisotopic (exact) mass is 227 g/mol. The molecule has 0 heterocycles. The molecule has 86 valence electrons. The maximum Gasteiger partial charge on any atom is 0.221 e. The van der Waals surface area contributed by atoms with E-state index in [9.17, 15) is 9.59 Å². The van der Waals surface area contributed by atoms with Crippen LogP contribution in [0.3, 0.4) is 0 Å². The van der Waals surface area contributed by atoms with Crippen molar-refractivity contribution in [3.8, 4) is 0 Å². The molecular formula is C14H13NO2. The van der Waals surface area contributed by atoms with Crippen molar-refractivity contribution in [3.05, 3.63) is 42.0 Å². The minimum Gasteiger partial charge on any atom is -0.326 e. The van der Waals surface area contributed by atoms with E-state index in [-0.39, 0.29) is 11.7 Å². The fraction of sp³-hybridized carbons (Fsp3) is 0.143. The number of Topliss-reactive ketones (excluding diaryl/α,β-unsaturated/α-hetero) is 1. The van der Waals surface area contributed by atoms with Gasteiger partial charge in [0.15, 0.2) is 5.78 Å². The topological polar surface area (TPSA) is 46.2 Å². The predicted molar refractivity (Wildman–Crippen MR) is 68.3 cm³/mol. The summed E-state index contributed by atoms with van der Waals surface area (Å²) in [4.78, 5) is 22.6. The van der Waals surface area contributed by atoms with Crippen molar-refractivity contribution in [2.24, 2.45) is 0 Å². The molecule has 2 aromatic carbocycles. The normalized spacial score (nSPS) is 10.2. The number of ketones is 1. The molecule has 0 radical (unpaired) electrons. The lowest BCUT2D eigenvalue weighted by molar-refractivity contribution is -0.114. The average molecular weight is 227 g/mol. The van der Waals surface area contributed by atoms with Gasteiger partial charge in [0, 0.05) is 23.6 Å². The second kappa shape index (κ2) is 4.37. The Balaban J connectivity index is 2.70. The van der Waals surface area contributed by atoms with Crippen molar-refractivity contribution in [2.75, 3.05) is 5.32 Å². The quantitative estimate of drug-likeness (QED) is 0.801. The van der Waals surface area contributed by atoms with Crippen LogP contribution in [0.1, 0.15) is 24.2 Å². The van der Waals surface area contributed by atoms with E-state index in [1.54, 1.807) is 19.1 Å². The largest absolute Gasteiger partial charge is 0.326 e. The Kier molecular flexibility index (Phi) is 2.91. The van der Waals surface area contributed by atoms with Crippen LogP contribution in [0.15, 0.2) is 36.4 Å². The molecule has 2 rings (SSSR count). The van der Waals surface area contributed by atoms with E-state index in [1.807, 2.05) is 24.3 Å². The zero-order valence-electron chi connectivity index (χ0n) is 9.78. The summed E-state index contributed by atoms with van der Waals surface area (Å²) in [5.74, 6) is -0.0960. The molecule has 0 atom stereocenters. The van der Waals surface area contributed by atoms with E-state index >= 15 is 0 Å². The highest BCUT2D eigenvalue weighted by molar-refractivity contribution is 6.11. The minimum atomic E-state index is -0.120. The maximum absolute atomic E-state index is 11.5. The van der Waals surface area contributed by atoms with Crippen LogP contribution in [-0.2, 0) is 4.79 Å². The van der Waals surface area contributed by atoms with Crippen molar-refractivity contribution in [2.45, 2.75) is 13.8 Å². The van der Waals surface area contributed by atoms with Crippen LogP contribution >= 0.6 is 0 Å². The number of fused-ring (bicyclic) bond motifs is 1. The van der Waals surface area contributed by atoms with E-state index in [0.29, 0.717) is 5.56 Å². The summed E-state index contributed by atoms with van der Waals surface area (Å²) in [6.07, 6.45) is 0. The first-order valence-corrected chi connectivity index (χ1v) is 5.40. The Morgan fingerprint density at radius 1 is 0.941 bits per heavy atom. The first-order valence-electron chi connectivity index (χ1n) is 5.40. The van der Waals surface area contributed by atoms with Crippen molar-refractivity contribution in [3.63, 3.8) is 0 Å². The zero-order chi connectivity index (χ0) is 12.4. The number of benzene rings is 2. The van der Waals surface area contributed by atoms with Gasteiger partial charge in [0.25, 0.3) is 0 Å². The van der Waals surface area contributed by atoms with Gasteiger partial charge >= 0.3 is 0 Å². The Morgan fingerprint density at radius 3 is 2.18 bits per heavy atom. The van der Waals surface area contributed by atoms with Crippen LogP contribution < -0.4 is 5.32 Å². The molecule has 1 amide bonds. The number of carbonyl (C=O) groups excluding carboxylic acids is 2. The van der Waals surface area contributed by atoms with Gasteiger partial charge in [0.05, 0.1) is 0 Å². The van der Waals surface area contributed by atoms with Crippen LogP contribution in [0.4, 0.5) is 5.69 Å². The summed E-state index contributed by atoms with van der Waals surface area (Å²) in [6.45, 7) is 3.01. The van der Waals surface area contributed by atoms with Gasteiger partial charge in [-0.05, 0) is 24.4 Å². The van der Waals surface area contributed by atoms with Gasteiger partial charge < -0.3 is 5.32 Å². The highest BCUT2D eigenvalue weighted by atomic mass is 16.1. The molecule has 3 nitrogen and oxygen atoms in total. The lowest BCUT2D eigenvalue weighted by atomic mass is 10.0. The first-order chi connectivity index (χ1) is 8.09. The van der Waals surface area contributed by atoms with Gasteiger partial charge in [-0.1, -0.05) is 24.3 Å². The Labute approximate surface area is 99.4 Å². The third-order valence-electron chi connectivity index (χ3n) is 2.61. The molecule has 1 N–H and O–H groups in total. The maximum atomic E-state index is 11.5. The average Bonchev–Trinajstić information content (AvgIpc) is 2.28. The molecule has 17 heavy (non-hydrogen) atoms. The summed E-state index contributed by atoms with van der Waals surface area (Å²) < 4.78 is 0. The minimum absolute atomic E-state index is 0.0237. The number of amides is 1. The molecule has 0 saturated heterocycles. The number of hydrogen-bond donors (Lipinski definition) is 1. The fourth-order valence-electron chi connectivity index (χ4n) is 1.90. The third-order valence-corrected chi connectivity index (χ3v) is 2.61. The summed E-state index contributed by atoms with van der Waals surface area (Å²) in [7, 11) is 0. The summed E-state index contributed by atoms with van der Waals surface area (Å²) in [5, 5.41) is 4.52. The number of anilines is 1. The van der Waals surface area contributed by atoms with Crippen molar-refractivity contribution < 1.29 is 9.59 Å². The molecule has 0 aromatic heterocycles. The third kappa shape index (κ3) is 2.18. The summed E-state index contributed by atoms with van der Waals surface area (Å²) in [6, 6.07) is 11.1. The second-order valence-corrected chi connectivity index (χ2v) is 3.94. The van der Waals surface area contributed by atoms with E-state index < -0.39 is 0 Å². The molecule has 2 aromatic rings. The lowest BCUT2D eigenvalue weighted by Crippen LogP contribution is -2.07. The van der Waals surface area contributed by atoms with Crippen molar-refractivity contribution in [1.82, 2.24) is 0 Å². The van der Waals surface area contributed by atoms with Crippen LogP contribution in [-0.4, -0.2) is 11.7 Å². The molecule has 3 heteroatoms. The SMILES string of the molecule is CC(=O)Nc1ccc(C(C)=O)c2ccccc12. The molecule has 0 saturated carbocycles. The highest BCUT2D eigenvalue weighted by Gasteiger charge is 2.09. The predicted octanol–water partition coefficient (Wildman–Crippen LogP) is 3.00. The number of hydrogen-bond acceptors (Lipinski definition) is 2. The summed E-state index contributed by atoms with van der Waals surface area (Å²) in [5.41, 5.74) is 1.41. The molecule has 0 bridgehead atoms. The molecule has 0 aliphatic carbocycles. The van der Waals surface area contributed by atoms with E-state index in [4.69, 9.17) is 0 Å². The van der Waals surface area contributed by atoms with Gasteiger partial charge in [-0.25, -0.2) is 0 Å². The first kappa shape index (κ1) is 11.3. The van der Waals surface area contributed by atoms with Gasteiger partial charge in [-0.2, -0.15) is 0 Å². The van der Waals surface area contributed by atoms with Crippen molar-refractivity contribution in [1.29, 1.82) is 0 Å².